The van der Waals surface area contributed by atoms with Gasteiger partial charge in [0.05, 0.1) is 13.0 Å². The molecule has 5 nitrogen and oxygen atoms in total. The molecule has 0 amide bonds. The van der Waals surface area contributed by atoms with Crippen molar-refractivity contribution in [3.63, 3.8) is 0 Å². The van der Waals surface area contributed by atoms with E-state index in [2.05, 4.69) is 39.0 Å². The molecule has 1 N–H and O–H groups in total. The van der Waals surface area contributed by atoms with Gasteiger partial charge in [-0.2, -0.15) is 0 Å². The predicted molar refractivity (Wildman–Crippen MR) is 122 cm³/mol. The fourth-order valence-electron chi connectivity index (χ4n) is 5.69. The number of carbonyl (C=O) groups excluding carboxylic acids is 1. The summed E-state index contributed by atoms with van der Waals surface area (Å²) in [6.07, 6.45) is 3.92. The van der Waals surface area contributed by atoms with Crippen molar-refractivity contribution < 1.29 is 13.9 Å². The molecule has 2 fully saturated rings. The summed E-state index contributed by atoms with van der Waals surface area (Å²) in [6, 6.07) is 15.3. The molecule has 32 heavy (non-hydrogen) atoms. The van der Waals surface area contributed by atoms with Gasteiger partial charge >= 0.3 is 5.97 Å². The molecule has 6 heteroatoms. The Bertz CT molecular complexity index is 1090. The summed E-state index contributed by atoms with van der Waals surface area (Å²) in [4.78, 5) is 20.8. The van der Waals surface area contributed by atoms with Crippen LogP contribution in [0.4, 0.5) is 4.39 Å². The van der Waals surface area contributed by atoms with Crippen molar-refractivity contribution in [3.05, 3.63) is 71.7 Å². The number of aromatic amines is 1. The van der Waals surface area contributed by atoms with Gasteiger partial charge in [0.15, 0.2) is 0 Å². The summed E-state index contributed by atoms with van der Waals surface area (Å²) in [5, 5.41) is 0.952. The molecular formula is C26H30FN3O2. The van der Waals surface area contributed by atoms with Crippen LogP contribution in [-0.2, 0) is 22.6 Å². The second-order valence-electron chi connectivity index (χ2n) is 9.37. The molecule has 1 aromatic heterocycles. The van der Waals surface area contributed by atoms with Crippen LogP contribution in [-0.4, -0.2) is 54.0 Å². The molecule has 0 aliphatic carbocycles. The van der Waals surface area contributed by atoms with Crippen molar-refractivity contribution >= 4 is 16.9 Å². The Hall–Kier alpha value is -2.70. The molecule has 1 atom stereocenters. The summed E-state index contributed by atoms with van der Waals surface area (Å²) in [7, 11) is 1.50. The van der Waals surface area contributed by atoms with Gasteiger partial charge in [0.1, 0.15) is 5.82 Å². The fourth-order valence-corrected chi connectivity index (χ4v) is 5.69. The highest BCUT2D eigenvalue weighted by molar-refractivity contribution is 5.83. The number of hydrogen-bond acceptors (Lipinski definition) is 4. The van der Waals surface area contributed by atoms with Crippen LogP contribution in [0.15, 0.2) is 54.7 Å². The molecule has 1 spiro atoms. The van der Waals surface area contributed by atoms with Gasteiger partial charge in [-0.3, -0.25) is 14.6 Å². The van der Waals surface area contributed by atoms with E-state index in [9.17, 15) is 9.18 Å². The zero-order chi connectivity index (χ0) is 22.1. The average Bonchev–Trinajstić information content (AvgIpc) is 3.36. The lowest BCUT2D eigenvalue weighted by Gasteiger charge is -2.41. The highest BCUT2D eigenvalue weighted by Crippen LogP contribution is 2.46. The summed E-state index contributed by atoms with van der Waals surface area (Å²) >= 11 is 0. The predicted octanol–water partition coefficient (Wildman–Crippen LogP) is 4.19. The summed E-state index contributed by atoms with van der Waals surface area (Å²) in [5.74, 6) is -0.372. The number of nitrogens with zero attached hydrogens (tertiary/aromatic N) is 2. The number of ether oxygens (including phenoxy) is 1. The Labute approximate surface area is 188 Å². The Morgan fingerprint density at radius 1 is 1.12 bits per heavy atom. The largest absolute Gasteiger partial charge is 0.469 e. The molecule has 0 bridgehead atoms. The van der Waals surface area contributed by atoms with Gasteiger partial charge in [-0.15, -0.1) is 0 Å². The van der Waals surface area contributed by atoms with E-state index in [0.717, 1.165) is 68.6 Å². The number of nitrogens with one attached hydrogen (secondary N) is 1. The van der Waals surface area contributed by atoms with Crippen molar-refractivity contribution in [1.82, 2.24) is 14.8 Å². The minimum Gasteiger partial charge on any atom is -0.469 e. The number of methoxy groups -OCH3 is 1. The Balaban J connectivity index is 1.28. The van der Waals surface area contributed by atoms with E-state index in [4.69, 9.17) is 4.74 Å². The normalized spacial score (nSPS) is 21.4. The van der Waals surface area contributed by atoms with Gasteiger partial charge in [0.2, 0.25) is 0 Å². The zero-order valence-corrected chi connectivity index (χ0v) is 18.5. The van der Waals surface area contributed by atoms with E-state index in [1.165, 1.54) is 18.7 Å². The van der Waals surface area contributed by atoms with Crippen LogP contribution < -0.4 is 0 Å². The third kappa shape index (κ3) is 4.05. The van der Waals surface area contributed by atoms with Crippen molar-refractivity contribution in [1.29, 1.82) is 0 Å². The van der Waals surface area contributed by atoms with Crippen LogP contribution in [0.2, 0.25) is 0 Å². The molecule has 168 valence electrons. The van der Waals surface area contributed by atoms with Crippen LogP contribution in [0.25, 0.3) is 10.9 Å². The number of carbonyl (C=O) groups is 1. The van der Waals surface area contributed by atoms with Crippen molar-refractivity contribution in [2.45, 2.75) is 25.9 Å². The first-order valence-corrected chi connectivity index (χ1v) is 11.4. The maximum absolute atomic E-state index is 13.7. The number of fused-ring (bicyclic) bond motifs is 1. The number of halogens is 1. The molecule has 2 aromatic carbocycles. The second-order valence-corrected chi connectivity index (χ2v) is 9.37. The van der Waals surface area contributed by atoms with Gasteiger partial charge in [0.25, 0.3) is 0 Å². The minimum atomic E-state index is -0.207. The summed E-state index contributed by atoms with van der Waals surface area (Å²) in [6.45, 7) is 5.18. The Morgan fingerprint density at radius 2 is 1.91 bits per heavy atom. The topological polar surface area (TPSA) is 48.6 Å². The highest BCUT2D eigenvalue weighted by Gasteiger charge is 2.51. The van der Waals surface area contributed by atoms with Gasteiger partial charge in [-0.1, -0.05) is 30.3 Å². The number of benzene rings is 2. The van der Waals surface area contributed by atoms with Crippen LogP contribution in [0.3, 0.4) is 0 Å². The van der Waals surface area contributed by atoms with Gasteiger partial charge in [0, 0.05) is 48.7 Å². The second kappa shape index (κ2) is 8.68. The number of H-pyrrole nitrogens is 1. The van der Waals surface area contributed by atoms with Gasteiger partial charge in [-0.25, -0.2) is 4.39 Å². The highest BCUT2D eigenvalue weighted by atomic mass is 19.1. The molecular weight excluding hydrogens is 405 g/mol. The minimum absolute atomic E-state index is 0.0370. The fraction of sp³-hybridized carbons (Fsp3) is 0.423. The molecule has 0 radical (unpaired) electrons. The maximum Gasteiger partial charge on any atom is 0.310 e. The van der Waals surface area contributed by atoms with Gasteiger partial charge < -0.3 is 9.72 Å². The molecule has 3 heterocycles. The van der Waals surface area contributed by atoms with Gasteiger partial charge in [-0.05, 0) is 55.3 Å². The van der Waals surface area contributed by atoms with Crippen LogP contribution in [0.1, 0.15) is 24.0 Å². The molecule has 2 aliphatic heterocycles. The van der Waals surface area contributed by atoms with E-state index in [1.807, 2.05) is 12.3 Å². The molecule has 1 unspecified atom stereocenters. The summed E-state index contributed by atoms with van der Waals surface area (Å²) in [5.41, 5.74) is 3.33. The quantitative estimate of drug-likeness (QED) is 0.611. The maximum atomic E-state index is 13.7. The van der Waals surface area contributed by atoms with E-state index in [0.29, 0.717) is 0 Å². The molecule has 2 saturated heterocycles. The number of piperidine rings is 1. The standard InChI is InChI=1S/C26H30FN3O2/c1-32-25(31)23-17-30(15-19-5-3-2-4-6-19)18-26(23)9-11-29(12-10-26)16-20-14-28-24-8-7-21(27)13-22(20)24/h2-8,13-14,23,28H,9-12,15-18H2,1H3. The van der Waals surface area contributed by atoms with E-state index < -0.39 is 0 Å². The lowest BCUT2D eigenvalue weighted by Crippen LogP contribution is -2.46. The van der Waals surface area contributed by atoms with Crippen LogP contribution in [0, 0.1) is 17.2 Å². The third-order valence-corrected chi connectivity index (χ3v) is 7.43. The first kappa shape index (κ1) is 21.2. The van der Waals surface area contributed by atoms with E-state index in [1.54, 1.807) is 12.1 Å². The molecule has 2 aliphatic rings. The van der Waals surface area contributed by atoms with Crippen molar-refractivity contribution in [3.8, 4) is 0 Å². The molecule has 0 saturated carbocycles. The first-order valence-electron chi connectivity index (χ1n) is 11.4. The number of aromatic nitrogens is 1. The zero-order valence-electron chi connectivity index (χ0n) is 18.5. The average molecular weight is 436 g/mol. The number of rotatable bonds is 5. The molecule has 3 aromatic rings. The lowest BCUT2D eigenvalue weighted by atomic mass is 9.70. The van der Waals surface area contributed by atoms with E-state index >= 15 is 0 Å². The van der Waals surface area contributed by atoms with E-state index in [-0.39, 0.29) is 23.1 Å². The molecule has 5 rings (SSSR count). The third-order valence-electron chi connectivity index (χ3n) is 7.43. The SMILES string of the molecule is COC(=O)C1CN(Cc2ccccc2)CC12CCN(Cc1c[nH]c3ccc(F)cc13)CC2. The van der Waals surface area contributed by atoms with Crippen molar-refractivity contribution in [2.75, 3.05) is 33.3 Å². The number of esters is 1. The lowest BCUT2D eigenvalue weighted by molar-refractivity contribution is -0.149. The number of hydrogen-bond donors (Lipinski definition) is 1. The first-order chi connectivity index (χ1) is 15.6. The summed E-state index contributed by atoms with van der Waals surface area (Å²) < 4.78 is 19.0. The number of likely N-dealkylation sites (tertiary alicyclic amines) is 2. The Morgan fingerprint density at radius 3 is 2.66 bits per heavy atom. The van der Waals surface area contributed by atoms with Crippen molar-refractivity contribution in [2.24, 2.45) is 11.3 Å². The monoisotopic (exact) mass is 435 g/mol. The Kier molecular flexibility index (Phi) is 5.74. The van der Waals surface area contributed by atoms with Crippen LogP contribution >= 0.6 is 0 Å². The smallest absolute Gasteiger partial charge is 0.310 e. The van der Waals surface area contributed by atoms with Crippen LogP contribution in [0.5, 0.6) is 0 Å².